The number of carbonyl (C=O) groups is 3. The Kier molecular flexibility index (Phi) is 6.50. The Morgan fingerprint density at radius 2 is 1.75 bits per heavy atom. The minimum Gasteiger partial charge on any atom is -0.465 e. The first-order chi connectivity index (χ1) is 15.6. The Hall–Kier alpha value is -3.67. The fourth-order valence-electron chi connectivity index (χ4n) is 4.17. The van der Waals surface area contributed by atoms with E-state index in [-0.39, 0.29) is 17.7 Å². The second-order valence-corrected chi connectivity index (χ2v) is 8.02. The van der Waals surface area contributed by atoms with E-state index in [0.717, 1.165) is 29.2 Å². The number of nitrogens with zero attached hydrogens (tertiary/aromatic N) is 1. The van der Waals surface area contributed by atoms with Crippen molar-refractivity contribution in [2.24, 2.45) is 5.92 Å². The lowest BCUT2D eigenvalue weighted by atomic mass is 9.95. The Morgan fingerprint density at radius 3 is 2.53 bits per heavy atom. The largest absolute Gasteiger partial charge is 0.465 e. The minimum atomic E-state index is -0.390. The number of carbonyl (C=O) groups excluding carboxylic acids is 3. The molecule has 1 aliphatic heterocycles. The summed E-state index contributed by atoms with van der Waals surface area (Å²) in [7, 11) is 1.34. The van der Waals surface area contributed by atoms with Crippen LogP contribution in [0.1, 0.15) is 39.1 Å². The molecule has 0 spiro atoms. The van der Waals surface area contributed by atoms with Gasteiger partial charge >= 0.3 is 5.97 Å². The third-order valence-corrected chi connectivity index (χ3v) is 5.94. The van der Waals surface area contributed by atoms with Gasteiger partial charge in [-0.1, -0.05) is 48.5 Å². The van der Waals surface area contributed by atoms with E-state index in [1.165, 1.54) is 7.11 Å². The Morgan fingerprint density at radius 1 is 1.00 bits per heavy atom. The molecular formula is C26H26N2O4. The molecule has 1 fully saturated rings. The molecule has 164 valence electrons. The van der Waals surface area contributed by atoms with Crippen molar-refractivity contribution in [2.75, 3.05) is 20.2 Å². The molecule has 6 nitrogen and oxygen atoms in total. The summed E-state index contributed by atoms with van der Waals surface area (Å²) in [5.41, 5.74) is 2.04. The average molecular weight is 431 g/mol. The number of amides is 2. The normalized spacial score (nSPS) is 15.9. The van der Waals surface area contributed by atoms with Crippen molar-refractivity contribution in [3.8, 4) is 0 Å². The van der Waals surface area contributed by atoms with Gasteiger partial charge in [-0.2, -0.15) is 0 Å². The van der Waals surface area contributed by atoms with Gasteiger partial charge in [-0.05, 0) is 47.4 Å². The van der Waals surface area contributed by atoms with Crippen molar-refractivity contribution in [1.82, 2.24) is 10.2 Å². The van der Waals surface area contributed by atoms with Gasteiger partial charge in [-0.25, -0.2) is 4.79 Å². The van der Waals surface area contributed by atoms with Crippen LogP contribution in [0.15, 0.2) is 66.7 Å². The van der Waals surface area contributed by atoms with Crippen LogP contribution in [-0.2, 0) is 16.1 Å². The molecule has 1 N–H and O–H groups in total. The highest BCUT2D eigenvalue weighted by atomic mass is 16.5. The summed E-state index contributed by atoms with van der Waals surface area (Å²) in [6.07, 6.45) is 1.55. The predicted octanol–water partition coefficient (Wildman–Crippen LogP) is 3.80. The molecule has 2 amide bonds. The Balaban J connectivity index is 1.38. The summed E-state index contributed by atoms with van der Waals surface area (Å²) in [5.74, 6) is -0.717. The van der Waals surface area contributed by atoms with Crippen LogP contribution in [0.3, 0.4) is 0 Å². The van der Waals surface area contributed by atoms with E-state index < -0.39 is 5.97 Å². The predicted molar refractivity (Wildman–Crippen MR) is 122 cm³/mol. The van der Waals surface area contributed by atoms with E-state index in [2.05, 4.69) is 5.32 Å². The van der Waals surface area contributed by atoms with Crippen molar-refractivity contribution in [3.63, 3.8) is 0 Å². The molecule has 4 rings (SSSR count). The maximum absolute atomic E-state index is 13.2. The van der Waals surface area contributed by atoms with Crippen LogP contribution in [0, 0.1) is 5.92 Å². The van der Waals surface area contributed by atoms with Gasteiger partial charge in [-0.3, -0.25) is 9.59 Å². The van der Waals surface area contributed by atoms with Crippen LogP contribution in [0.4, 0.5) is 0 Å². The van der Waals surface area contributed by atoms with Gasteiger partial charge in [0.2, 0.25) is 5.91 Å². The molecule has 0 saturated carbocycles. The SMILES string of the molecule is COC(=O)c1ccc(CNC(=O)C2CCCN(C(=O)c3cccc4ccccc34)C2)cc1. The number of hydrogen-bond donors (Lipinski definition) is 1. The molecule has 1 heterocycles. The van der Waals surface area contributed by atoms with E-state index in [0.29, 0.717) is 30.8 Å². The number of hydrogen-bond acceptors (Lipinski definition) is 4. The topological polar surface area (TPSA) is 75.7 Å². The summed E-state index contributed by atoms with van der Waals surface area (Å²) < 4.78 is 4.70. The van der Waals surface area contributed by atoms with Gasteiger partial charge in [0, 0.05) is 25.2 Å². The molecule has 0 aliphatic carbocycles. The molecule has 1 atom stereocenters. The minimum absolute atomic E-state index is 0.0299. The number of fused-ring (bicyclic) bond motifs is 1. The summed E-state index contributed by atoms with van der Waals surface area (Å²) in [4.78, 5) is 39.3. The van der Waals surface area contributed by atoms with E-state index >= 15 is 0 Å². The van der Waals surface area contributed by atoms with E-state index in [1.54, 1.807) is 29.2 Å². The summed E-state index contributed by atoms with van der Waals surface area (Å²) in [6.45, 7) is 1.43. The third kappa shape index (κ3) is 4.64. The number of rotatable bonds is 5. The van der Waals surface area contributed by atoms with Gasteiger partial charge in [-0.15, -0.1) is 0 Å². The molecule has 0 aromatic heterocycles. The maximum Gasteiger partial charge on any atom is 0.337 e. The monoisotopic (exact) mass is 430 g/mol. The smallest absolute Gasteiger partial charge is 0.337 e. The first-order valence-electron chi connectivity index (χ1n) is 10.8. The Bertz CT molecular complexity index is 1130. The highest BCUT2D eigenvalue weighted by Crippen LogP contribution is 2.23. The van der Waals surface area contributed by atoms with Crippen LogP contribution >= 0.6 is 0 Å². The second kappa shape index (κ2) is 9.64. The highest BCUT2D eigenvalue weighted by molar-refractivity contribution is 6.07. The maximum atomic E-state index is 13.2. The zero-order chi connectivity index (χ0) is 22.5. The fourth-order valence-corrected chi connectivity index (χ4v) is 4.17. The van der Waals surface area contributed by atoms with Crippen LogP contribution in [0.25, 0.3) is 10.8 Å². The average Bonchev–Trinajstić information content (AvgIpc) is 2.86. The lowest BCUT2D eigenvalue weighted by Gasteiger charge is -2.32. The van der Waals surface area contributed by atoms with Crippen LogP contribution < -0.4 is 5.32 Å². The standard InChI is InChI=1S/C26H26N2O4/c1-32-26(31)20-13-11-18(12-14-20)16-27-24(29)21-8-5-15-28(17-21)25(30)23-10-4-7-19-6-2-3-9-22(19)23/h2-4,6-7,9-14,21H,5,8,15-17H2,1H3,(H,27,29). The van der Waals surface area contributed by atoms with Crippen molar-refractivity contribution in [1.29, 1.82) is 0 Å². The van der Waals surface area contributed by atoms with Gasteiger partial charge in [0.15, 0.2) is 0 Å². The molecule has 3 aromatic rings. The Labute approximate surface area is 187 Å². The summed E-state index contributed by atoms with van der Waals surface area (Å²) in [6, 6.07) is 20.5. The quantitative estimate of drug-likeness (QED) is 0.625. The zero-order valence-electron chi connectivity index (χ0n) is 18.0. The van der Waals surface area contributed by atoms with E-state index in [9.17, 15) is 14.4 Å². The molecule has 0 bridgehead atoms. The van der Waals surface area contributed by atoms with Crippen LogP contribution in [0.2, 0.25) is 0 Å². The number of nitrogens with one attached hydrogen (secondary N) is 1. The van der Waals surface area contributed by atoms with Crippen LogP contribution in [0.5, 0.6) is 0 Å². The van der Waals surface area contributed by atoms with Gasteiger partial charge < -0.3 is 15.0 Å². The van der Waals surface area contributed by atoms with E-state index in [4.69, 9.17) is 4.74 Å². The lowest BCUT2D eigenvalue weighted by molar-refractivity contribution is -0.126. The molecule has 6 heteroatoms. The van der Waals surface area contributed by atoms with E-state index in [1.807, 2.05) is 42.5 Å². The van der Waals surface area contributed by atoms with Gasteiger partial charge in [0.25, 0.3) is 5.91 Å². The number of esters is 1. The molecular weight excluding hydrogens is 404 g/mol. The first kappa shape index (κ1) is 21.6. The van der Waals surface area contributed by atoms with Crippen LogP contribution in [-0.4, -0.2) is 42.9 Å². The molecule has 1 unspecified atom stereocenters. The van der Waals surface area contributed by atoms with Crippen molar-refractivity contribution >= 4 is 28.6 Å². The first-order valence-corrected chi connectivity index (χ1v) is 10.8. The summed E-state index contributed by atoms with van der Waals surface area (Å²) >= 11 is 0. The van der Waals surface area contributed by atoms with Gasteiger partial charge in [0.1, 0.15) is 0 Å². The lowest BCUT2D eigenvalue weighted by Crippen LogP contribution is -2.45. The molecule has 3 aromatic carbocycles. The third-order valence-electron chi connectivity index (χ3n) is 5.94. The number of likely N-dealkylation sites (tertiary alicyclic amines) is 1. The van der Waals surface area contributed by atoms with Crippen molar-refractivity contribution in [2.45, 2.75) is 19.4 Å². The van der Waals surface area contributed by atoms with Gasteiger partial charge in [0.05, 0.1) is 18.6 Å². The summed E-state index contributed by atoms with van der Waals surface area (Å²) in [5, 5.41) is 4.93. The number of piperidine rings is 1. The number of benzene rings is 3. The highest BCUT2D eigenvalue weighted by Gasteiger charge is 2.29. The molecule has 32 heavy (non-hydrogen) atoms. The second-order valence-electron chi connectivity index (χ2n) is 8.02. The number of ether oxygens (including phenoxy) is 1. The fraction of sp³-hybridized carbons (Fsp3) is 0.269. The van der Waals surface area contributed by atoms with Crippen molar-refractivity contribution in [3.05, 3.63) is 83.4 Å². The molecule has 1 saturated heterocycles. The van der Waals surface area contributed by atoms with Crippen molar-refractivity contribution < 1.29 is 19.1 Å². The zero-order valence-corrected chi connectivity index (χ0v) is 18.0. The number of methoxy groups -OCH3 is 1. The molecule has 0 radical (unpaired) electrons. The molecule has 1 aliphatic rings.